The Kier molecular flexibility index (Phi) is 13.7. The second-order valence-electron chi connectivity index (χ2n) is 6.12. The summed E-state index contributed by atoms with van der Waals surface area (Å²) in [6, 6.07) is -1.55. The minimum absolute atomic E-state index is 0.226. The van der Waals surface area contributed by atoms with Gasteiger partial charge in [-0.25, -0.2) is 9.59 Å². The largest absolute Gasteiger partial charge is 0.480 e. The number of unbranched alkanes of at least 4 members (excludes halogenated alkanes) is 7. The minimum Gasteiger partial charge on any atom is -0.480 e. The summed E-state index contributed by atoms with van der Waals surface area (Å²) in [6.07, 6.45) is 10.2. The van der Waals surface area contributed by atoms with Crippen LogP contribution in [-0.2, 0) is 9.59 Å². The number of carboxylic acids is 1. The van der Waals surface area contributed by atoms with Crippen molar-refractivity contribution in [1.29, 1.82) is 0 Å². The highest BCUT2D eigenvalue weighted by Crippen LogP contribution is 2.09. The first-order valence-electron chi connectivity index (χ1n) is 9.02. The van der Waals surface area contributed by atoms with E-state index in [1.165, 1.54) is 32.1 Å². The highest BCUT2D eigenvalue weighted by molar-refractivity contribution is 5.83. The van der Waals surface area contributed by atoms with E-state index in [0.29, 0.717) is 19.4 Å². The quantitative estimate of drug-likeness (QED) is 0.341. The molecule has 0 aromatic carbocycles. The van der Waals surface area contributed by atoms with Gasteiger partial charge in [0.05, 0.1) is 0 Å². The van der Waals surface area contributed by atoms with Crippen LogP contribution in [0.25, 0.3) is 0 Å². The number of primary amides is 1. The molecule has 0 rings (SSSR count). The lowest BCUT2D eigenvalue weighted by Crippen LogP contribution is -2.41. The number of aliphatic carboxylic acids is 1. The molecule has 3 amide bonds. The van der Waals surface area contributed by atoms with Gasteiger partial charge in [-0.1, -0.05) is 51.9 Å². The molecule has 5 N–H and O–H groups in total. The number of hydrogen-bond acceptors (Lipinski definition) is 3. The van der Waals surface area contributed by atoms with Crippen molar-refractivity contribution in [2.75, 3.05) is 6.54 Å². The number of hydrogen-bond donors (Lipinski definition) is 4. The molecule has 0 bridgehead atoms. The fourth-order valence-electron chi connectivity index (χ4n) is 2.46. The summed E-state index contributed by atoms with van der Waals surface area (Å²) >= 11 is 0. The number of rotatable bonds is 15. The van der Waals surface area contributed by atoms with Crippen molar-refractivity contribution in [2.45, 2.75) is 83.6 Å². The molecular weight excluding hydrogens is 310 g/mol. The average molecular weight is 343 g/mol. The van der Waals surface area contributed by atoms with Crippen molar-refractivity contribution in [3.8, 4) is 0 Å². The van der Waals surface area contributed by atoms with Crippen LogP contribution in [0.3, 0.4) is 0 Å². The van der Waals surface area contributed by atoms with Crippen LogP contribution in [0, 0.1) is 0 Å². The van der Waals surface area contributed by atoms with Gasteiger partial charge in [-0.05, 0) is 19.3 Å². The molecule has 0 aliphatic heterocycles. The van der Waals surface area contributed by atoms with Crippen LogP contribution in [-0.4, -0.2) is 35.6 Å². The van der Waals surface area contributed by atoms with E-state index in [1.807, 2.05) is 0 Å². The Balaban J connectivity index is 3.75. The Morgan fingerprint density at radius 3 is 2.08 bits per heavy atom. The van der Waals surface area contributed by atoms with Gasteiger partial charge in [0.1, 0.15) is 6.04 Å². The lowest BCUT2D eigenvalue weighted by molar-refractivity contribution is -0.142. The zero-order chi connectivity index (χ0) is 18.2. The normalized spacial score (nSPS) is 11.7. The molecule has 0 aromatic rings. The molecule has 0 aliphatic rings. The summed E-state index contributed by atoms with van der Waals surface area (Å²) < 4.78 is 0. The summed E-state index contributed by atoms with van der Waals surface area (Å²) in [5.74, 6) is -1.28. The van der Waals surface area contributed by atoms with E-state index in [9.17, 15) is 14.4 Å². The predicted molar refractivity (Wildman–Crippen MR) is 93.6 cm³/mol. The first-order chi connectivity index (χ1) is 11.5. The molecular formula is C17H33N3O4. The number of carbonyl (C=O) groups is 3. The summed E-state index contributed by atoms with van der Waals surface area (Å²) in [5, 5.41) is 14.1. The van der Waals surface area contributed by atoms with Gasteiger partial charge in [0.25, 0.3) is 0 Å². The predicted octanol–water partition coefficient (Wildman–Crippen LogP) is 2.54. The number of carboxylic acid groups (broad SMARTS) is 1. The van der Waals surface area contributed by atoms with Crippen LogP contribution in [0.1, 0.15) is 77.6 Å². The van der Waals surface area contributed by atoms with Crippen LogP contribution >= 0.6 is 0 Å². The second kappa shape index (κ2) is 14.8. The van der Waals surface area contributed by atoms with Crippen LogP contribution in [0.2, 0.25) is 0 Å². The third-order valence-corrected chi connectivity index (χ3v) is 3.86. The third kappa shape index (κ3) is 13.8. The highest BCUT2D eigenvalue weighted by Gasteiger charge is 2.19. The molecule has 0 fully saturated rings. The van der Waals surface area contributed by atoms with Gasteiger partial charge in [-0.15, -0.1) is 0 Å². The Bertz CT molecular complexity index is 375. The van der Waals surface area contributed by atoms with Gasteiger partial charge in [0, 0.05) is 13.0 Å². The number of nitrogens with one attached hydrogen (secondary N) is 2. The fraction of sp³-hybridized carbons (Fsp3) is 0.824. The Labute approximate surface area is 144 Å². The van der Waals surface area contributed by atoms with Crippen molar-refractivity contribution in [1.82, 2.24) is 10.6 Å². The molecule has 1 atom stereocenters. The molecule has 24 heavy (non-hydrogen) atoms. The molecule has 0 saturated carbocycles. The van der Waals surface area contributed by atoms with E-state index < -0.39 is 18.0 Å². The van der Waals surface area contributed by atoms with Crippen LogP contribution in [0.5, 0.6) is 0 Å². The van der Waals surface area contributed by atoms with Gasteiger partial charge in [-0.3, -0.25) is 4.79 Å². The lowest BCUT2D eigenvalue weighted by atomic mass is 10.1. The fourth-order valence-corrected chi connectivity index (χ4v) is 2.46. The molecule has 0 radical (unpaired) electrons. The number of urea groups is 1. The molecule has 0 saturated heterocycles. The number of amides is 3. The maximum Gasteiger partial charge on any atom is 0.326 e. The molecule has 0 aromatic heterocycles. The van der Waals surface area contributed by atoms with Crippen molar-refractivity contribution >= 4 is 17.9 Å². The SMILES string of the molecule is CCCCCCCCCCC(=O)N[C@@H](CCCNC(N)=O)C(=O)O. The van der Waals surface area contributed by atoms with E-state index in [0.717, 1.165) is 19.3 Å². The van der Waals surface area contributed by atoms with Gasteiger partial charge in [0.15, 0.2) is 0 Å². The molecule has 0 unspecified atom stereocenters. The van der Waals surface area contributed by atoms with Crippen LogP contribution < -0.4 is 16.4 Å². The Morgan fingerprint density at radius 1 is 0.958 bits per heavy atom. The molecule has 0 aliphatic carbocycles. The Hall–Kier alpha value is -1.79. The first-order valence-corrected chi connectivity index (χ1v) is 9.02. The maximum atomic E-state index is 11.8. The molecule has 7 nitrogen and oxygen atoms in total. The van der Waals surface area contributed by atoms with Gasteiger partial charge < -0.3 is 21.5 Å². The van der Waals surface area contributed by atoms with Gasteiger partial charge in [-0.2, -0.15) is 0 Å². The highest BCUT2D eigenvalue weighted by atomic mass is 16.4. The zero-order valence-electron chi connectivity index (χ0n) is 14.8. The van der Waals surface area contributed by atoms with Gasteiger partial charge >= 0.3 is 12.0 Å². The van der Waals surface area contributed by atoms with Crippen molar-refractivity contribution in [3.05, 3.63) is 0 Å². The first kappa shape index (κ1) is 22.2. The lowest BCUT2D eigenvalue weighted by Gasteiger charge is -2.14. The van der Waals surface area contributed by atoms with E-state index in [2.05, 4.69) is 17.6 Å². The summed E-state index contributed by atoms with van der Waals surface area (Å²) in [4.78, 5) is 33.5. The minimum atomic E-state index is -1.06. The third-order valence-electron chi connectivity index (χ3n) is 3.86. The van der Waals surface area contributed by atoms with Crippen molar-refractivity contribution in [2.24, 2.45) is 5.73 Å². The van der Waals surface area contributed by atoms with Gasteiger partial charge in [0.2, 0.25) is 5.91 Å². The summed E-state index contributed by atoms with van der Waals surface area (Å²) in [5.41, 5.74) is 4.93. The van der Waals surface area contributed by atoms with E-state index in [-0.39, 0.29) is 12.3 Å². The van der Waals surface area contributed by atoms with Crippen molar-refractivity contribution in [3.63, 3.8) is 0 Å². The zero-order valence-corrected chi connectivity index (χ0v) is 14.8. The van der Waals surface area contributed by atoms with Crippen LogP contribution in [0.4, 0.5) is 4.79 Å². The smallest absolute Gasteiger partial charge is 0.326 e. The average Bonchev–Trinajstić information content (AvgIpc) is 2.52. The van der Waals surface area contributed by atoms with Crippen LogP contribution in [0.15, 0.2) is 0 Å². The maximum absolute atomic E-state index is 11.8. The number of carbonyl (C=O) groups excluding carboxylic acids is 2. The number of nitrogens with two attached hydrogens (primary N) is 1. The van der Waals surface area contributed by atoms with E-state index in [1.54, 1.807) is 0 Å². The van der Waals surface area contributed by atoms with E-state index in [4.69, 9.17) is 10.8 Å². The van der Waals surface area contributed by atoms with E-state index >= 15 is 0 Å². The standard InChI is InChI=1S/C17H33N3O4/c1-2-3-4-5-6-7-8-9-12-15(21)20-14(16(22)23)11-10-13-19-17(18)24/h14H,2-13H2,1H3,(H,20,21)(H,22,23)(H3,18,19,24)/t14-/m0/s1. The topological polar surface area (TPSA) is 122 Å². The van der Waals surface area contributed by atoms with Crippen molar-refractivity contribution < 1.29 is 19.5 Å². The molecule has 0 spiro atoms. The summed E-state index contributed by atoms with van der Waals surface area (Å²) in [7, 11) is 0. The summed E-state index contributed by atoms with van der Waals surface area (Å²) in [6.45, 7) is 2.49. The second-order valence-corrected chi connectivity index (χ2v) is 6.12. The molecule has 7 heteroatoms. The molecule has 140 valence electrons. The Morgan fingerprint density at radius 2 is 1.54 bits per heavy atom. The molecule has 0 heterocycles. The monoisotopic (exact) mass is 343 g/mol.